The molecule has 11 heavy (non-hydrogen) atoms. The average molecular weight is 150 g/mol. The Hall–Kier alpha value is -1.58. The molecule has 0 radical (unpaired) electrons. The minimum Gasteiger partial charge on any atom is -0.338 e. The molecule has 0 aliphatic heterocycles. The molecular weight excluding hydrogens is 140 g/mol. The minimum atomic E-state index is 0.602. The largest absolute Gasteiger partial charge is 0.338 e. The fourth-order valence-electron chi connectivity index (χ4n) is 0.779. The number of hydrogen-bond donors (Lipinski definition) is 1. The van der Waals surface area contributed by atoms with Gasteiger partial charge in [-0.15, -0.1) is 0 Å². The Morgan fingerprint density at radius 1 is 1.82 bits per heavy atom. The fourth-order valence-corrected chi connectivity index (χ4v) is 0.779. The number of nitrogen functional groups attached to an aromatic ring is 1. The lowest BCUT2D eigenvalue weighted by Gasteiger charge is -1.93. The van der Waals surface area contributed by atoms with Gasteiger partial charge in [0.15, 0.2) is 5.82 Å². The van der Waals surface area contributed by atoms with Gasteiger partial charge in [0.2, 0.25) is 0 Å². The lowest BCUT2D eigenvalue weighted by atomic mass is 10.4. The summed E-state index contributed by atoms with van der Waals surface area (Å²) >= 11 is 0. The van der Waals surface area contributed by atoms with Crippen molar-refractivity contribution in [2.45, 2.75) is 6.92 Å². The molecule has 2 N–H and O–H groups in total. The van der Waals surface area contributed by atoms with Gasteiger partial charge in [-0.05, 0) is 13.0 Å². The maximum atomic E-state index is 5.49. The summed E-state index contributed by atoms with van der Waals surface area (Å²) in [6.07, 6.45) is 4.78. The van der Waals surface area contributed by atoms with Gasteiger partial charge >= 0.3 is 0 Å². The van der Waals surface area contributed by atoms with E-state index in [1.165, 1.54) is 11.0 Å². The van der Waals surface area contributed by atoms with Crippen molar-refractivity contribution >= 4 is 18.1 Å². The van der Waals surface area contributed by atoms with Crippen LogP contribution in [-0.2, 0) is 0 Å². The van der Waals surface area contributed by atoms with Gasteiger partial charge in [-0.1, -0.05) is 6.58 Å². The molecule has 58 valence electrons. The molecule has 0 aliphatic rings. The topological polar surface area (TPSA) is 56.2 Å². The second-order valence-electron chi connectivity index (χ2n) is 1.95. The maximum Gasteiger partial charge on any atom is 0.179 e. The van der Waals surface area contributed by atoms with Crippen LogP contribution in [0.1, 0.15) is 12.6 Å². The Kier molecular flexibility index (Phi) is 2.06. The quantitative estimate of drug-likeness (QED) is 0.504. The average Bonchev–Trinajstić information content (AvgIpc) is 2.33. The van der Waals surface area contributed by atoms with E-state index in [4.69, 9.17) is 5.84 Å². The van der Waals surface area contributed by atoms with Crippen LogP contribution in [0.25, 0.3) is 6.08 Å². The van der Waals surface area contributed by atoms with Gasteiger partial charge in [-0.25, -0.2) is 14.7 Å². The van der Waals surface area contributed by atoms with Crippen molar-refractivity contribution in [3.05, 3.63) is 18.6 Å². The van der Waals surface area contributed by atoms with E-state index in [1.807, 2.05) is 6.92 Å². The SMILES string of the molecule is C=Cc1c(/N=C\C)ncn1N. The summed E-state index contributed by atoms with van der Waals surface area (Å²) in [5.74, 6) is 6.09. The molecule has 0 aliphatic carbocycles. The molecule has 0 saturated heterocycles. The lowest BCUT2D eigenvalue weighted by molar-refractivity contribution is 0.987. The molecule has 4 nitrogen and oxygen atoms in total. The molecule has 0 unspecified atom stereocenters. The third-order valence-electron chi connectivity index (χ3n) is 1.26. The van der Waals surface area contributed by atoms with Crippen molar-refractivity contribution in [3.8, 4) is 0 Å². The molecule has 0 saturated carbocycles. The van der Waals surface area contributed by atoms with Crippen LogP contribution in [0, 0.1) is 0 Å². The van der Waals surface area contributed by atoms with Gasteiger partial charge < -0.3 is 5.84 Å². The predicted octanol–water partition coefficient (Wildman–Crippen LogP) is 0.962. The van der Waals surface area contributed by atoms with Crippen LogP contribution in [-0.4, -0.2) is 15.9 Å². The smallest absolute Gasteiger partial charge is 0.179 e. The number of nitrogens with zero attached hydrogens (tertiary/aromatic N) is 3. The van der Waals surface area contributed by atoms with Gasteiger partial charge in [-0.2, -0.15) is 0 Å². The third kappa shape index (κ3) is 1.29. The number of imidazole rings is 1. The summed E-state index contributed by atoms with van der Waals surface area (Å²) in [4.78, 5) is 7.94. The summed E-state index contributed by atoms with van der Waals surface area (Å²) in [5, 5.41) is 0. The van der Waals surface area contributed by atoms with Gasteiger partial charge in [0.25, 0.3) is 0 Å². The lowest BCUT2D eigenvalue weighted by Crippen LogP contribution is -2.07. The summed E-state index contributed by atoms with van der Waals surface area (Å²) in [6.45, 7) is 5.41. The van der Waals surface area contributed by atoms with Gasteiger partial charge in [0, 0.05) is 6.21 Å². The van der Waals surface area contributed by atoms with E-state index < -0.39 is 0 Å². The zero-order valence-corrected chi connectivity index (χ0v) is 6.36. The van der Waals surface area contributed by atoms with E-state index in [0.29, 0.717) is 5.82 Å². The second kappa shape index (κ2) is 3.01. The molecule has 0 fully saturated rings. The van der Waals surface area contributed by atoms with E-state index in [0.717, 1.165) is 5.69 Å². The first-order chi connectivity index (χ1) is 5.29. The molecule has 1 heterocycles. The maximum absolute atomic E-state index is 5.49. The van der Waals surface area contributed by atoms with E-state index >= 15 is 0 Å². The number of aliphatic imine (C=N–C) groups is 1. The second-order valence-corrected chi connectivity index (χ2v) is 1.95. The number of hydrogen-bond acceptors (Lipinski definition) is 3. The zero-order valence-electron chi connectivity index (χ0n) is 6.36. The molecule has 4 heteroatoms. The van der Waals surface area contributed by atoms with Crippen LogP contribution < -0.4 is 5.84 Å². The highest BCUT2D eigenvalue weighted by Crippen LogP contribution is 2.14. The van der Waals surface area contributed by atoms with Crippen molar-refractivity contribution < 1.29 is 0 Å². The molecule has 1 aromatic heterocycles. The van der Waals surface area contributed by atoms with Crippen molar-refractivity contribution in [2.24, 2.45) is 4.99 Å². The summed E-state index contributed by atoms with van der Waals surface area (Å²) in [5.41, 5.74) is 0.725. The normalized spacial score (nSPS) is 10.6. The standard InChI is InChI=1S/C7H10N4/c1-3-6-7(9-4-2)10-5-11(6)8/h3-5H,1,8H2,2H3/b9-4-. The zero-order chi connectivity index (χ0) is 8.27. The first kappa shape index (κ1) is 7.53. The Bertz CT molecular complexity index is 285. The van der Waals surface area contributed by atoms with Crippen molar-refractivity contribution in [1.82, 2.24) is 9.66 Å². The van der Waals surface area contributed by atoms with Crippen LogP contribution in [0.15, 0.2) is 17.9 Å². The van der Waals surface area contributed by atoms with Gasteiger partial charge in [0.1, 0.15) is 12.0 Å². The number of nitrogens with two attached hydrogens (primary N) is 1. The van der Waals surface area contributed by atoms with Gasteiger partial charge in [0.05, 0.1) is 0 Å². The van der Waals surface area contributed by atoms with Crippen LogP contribution in [0.3, 0.4) is 0 Å². The summed E-state index contributed by atoms with van der Waals surface area (Å²) < 4.78 is 1.38. The van der Waals surface area contributed by atoms with Crippen molar-refractivity contribution in [1.29, 1.82) is 0 Å². The molecule has 0 atom stereocenters. The van der Waals surface area contributed by atoms with E-state index in [9.17, 15) is 0 Å². The molecule has 1 aromatic rings. The minimum absolute atomic E-state index is 0.602. The first-order valence-corrected chi connectivity index (χ1v) is 3.23. The van der Waals surface area contributed by atoms with Crippen molar-refractivity contribution in [3.63, 3.8) is 0 Å². The Balaban J connectivity index is 3.15. The highest BCUT2D eigenvalue weighted by molar-refractivity contribution is 5.64. The highest BCUT2D eigenvalue weighted by Gasteiger charge is 2.01. The Morgan fingerprint density at radius 3 is 3.09 bits per heavy atom. The van der Waals surface area contributed by atoms with Crippen LogP contribution in [0.4, 0.5) is 5.82 Å². The summed E-state index contributed by atoms with van der Waals surface area (Å²) in [6, 6.07) is 0. The monoisotopic (exact) mass is 150 g/mol. The fraction of sp³-hybridized carbons (Fsp3) is 0.143. The predicted molar refractivity (Wildman–Crippen MR) is 46.3 cm³/mol. The Morgan fingerprint density at radius 2 is 2.55 bits per heavy atom. The first-order valence-electron chi connectivity index (χ1n) is 3.23. The van der Waals surface area contributed by atoms with Crippen LogP contribution in [0.5, 0.6) is 0 Å². The van der Waals surface area contributed by atoms with Crippen LogP contribution >= 0.6 is 0 Å². The molecule has 0 bridgehead atoms. The molecule has 1 rings (SSSR count). The number of aromatic nitrogens is 2. The Labute approximate surface area is 65.0 Å². The molecular formula is C7H10N4. The van der Waals surface area contributed by atoms with E-state index in [1.54, 1.807) is 12.3 Å². The van der Waals surface area contributed by atoms with E-state index in [2.05, 4.69) is 16.6 Å². The van der Waals surface area contributed by atoms with Crippen molar-refractivity contribution in [2.75, 3.05) is 5.84 Å². The molecule has 0 spiro atoms. The van der Waals surface area contributed by atoms with E-state index in [-0.39, 0.29) is 0 Å². The number of rotatable bonds is 2. The third-order valence-corrected chi connectivity index (χ3v) is 1.26. The van der Waals surface area contributed by atoms with Crippen LogP contribution in [0.2, 0.25) is 0 Å². The highest BCUT2D eigenvalue weighted by atomic mass is 15.3. The summed E-state index contributed by atoms with van der Waals surface area (Å²) in [7, 11) is 0. The molecule has 0 aromatic carbocycles. The molecule has 0 amide bonds. The van der Waals surface area contributed by atoms with Gasteiger partial charge in [-0.3, -0.25) is 0 Å².